The molecule has 1 rings (SSSR count). The minimum atomic E-state index is -0.464. The van der Waals surface area contributed by atoms with E-state index in [0.29, 0.717) is 11.2 Å². The molecular formula is C15H24O3S2. The first-order chi connectivity index (χ1) is 9.67. The fourth-order valence-corrected chi connectivity index (χ4v) is 3.22. The highest BCUT2D eigenvalue weighted by Gasteiger charge is 2.18. The lowest BCUT2D eigenvalue weighted by atomic mass is 10.1. The molecule has 3 nitrogen and oxygen atoms in total. The molecule has 0 fully saturated rings. The predicted octanol–water partition coefficient (Wildman–Crippen LogP) is 3.72. The van der Waals surface area contributed by atoms with Crippen LogP contribution in [0.5, 0.6) is 0 Å². The van der Waals surface area contributed by atoms with Gasteiger partial charge in [0.25, 0.3) is 0 Å². The fourth-order valence-electron chi connectivity index (χ4n) is 1.85. The molecule has 20 heavy (non-hydrogen) atoms. The molecule has 1 aromatic rings. The first kappa shape index (κ1) is 17.9. The normalized spacial score (nSPS) is 15.8. The first-order valence-electron chi connectivity index (χ1n) is 6.73. The maximum atomic E-state index is 9.84. The molecule has 0 heterocycles. The summed E-state index contributed by atoms with van der Waals surface area (Å²) in [6.07, 6.45) is 3.24. The van der Waals surface area contributed by atoms with Crippen molar-refractivity contribution >= 4 is 23.8 Å². The van der Waals surface area contributed by atoms with Crippen LogP contribution in [0.4, 0.5) is 0 Å². The molecule has 5 heteroatoms. The van der Waals surface area contributed by atoms with Gasteiger partial charge < -0.3 is 14.0 Å². The quantitative estimate of drug-likeness (QED) is 0.526. The van der Waals surface area contributed by atoms with Gasteiger partial charge in [-0.1, -0.05) is 30.3 Å². The zero-order valence-corrected chi connectivity index (χ0v) is 14.0. The molecule has 1 unspecified atom stereocenters. The second-order valence-electron chi connectivity index (χ2n) is 4.58. The van der Waals surface area contributed by atoms with E-state index in [4.69, 9.17) is 8.92 Å². The van der Waals surface area contributed by atoms with E-state index in [1.54, 1.807) is 25.8 Å². The predicted molar refractivity (Wildman–Crippen MR) is 87.8 cm³/mol. The summed E-state index contributed by atoms with van der Waals surface area (Å²) in [5.74, 6) is 0. The van der Waals surface area contributed by atoms with Gasteiger partial charge in [-0.25, -0.2) is 0 Å². The second kappa shape index (κ2) is 10.5. The van der Waals surface area contributed by atoms with Crippen LogP contribution in [0.3, 0.4) is 0 Å². The highest BCUT2D eigenvalue weighted by atomic mass is 32.2. The van der Waals surface area contributed by atoms with Gasteiger partial charge in [-0.2, -0.15) is 0 Å². The zero-order chi connectivity index (χ0) is 14.8. The van der Waals surface area contributed by atoms with Crippen molar-refractivity contribution in [2.75, 3.05) is 13.4 Å². The van der Waals surface area contributed by atoms with Crippen molar-refractivity contribution in [2.45, 2.75) is 43.2 Å². The van der Waals surface area contributed by atoms with Crippen molar-refractivity contribution in [3.8, 4) is 0 Å². The van der Waals surface area contributed by atoms with Crippen molar-refractivity contribution in [1.29, 1.82) is 0 Å². The summed E-state index contributed by atoms with van der Waals surface area (Å²) in [5.41, 5.74) is 1.13. The van der Waals surface area contributed by atoms with Gasteiger partial charge in [-0.05, 0) is 31.6 Å². The summed E-state index contributed by atoms with van der Waals surface area (Å²) in [6.45, 7) is 2.32. The molecule has 0 spiro atoms. The molecule has 0 aliphatic heterocycles. The van der Waals surface area contributed by atoms with Gasteiger partial charge in [-0.3, -0.25) is 0 Å². The Morgan fingerprint density at radius 1 is 1.20 bits per heavy atom. The molecule has 3 atom stereocenters. The Hall–Kier alpha value is -0.200. The topological polar surface area (TPSA) is 38.7 Å². The van der Waals surface area contributed by atoms with Gasteiger partial charge in [0.05, 0.1) is 30.5 Å². The van der Waals surface area contributed by atoms with Gasteiger partial charge in [-0.15, -0.1) is 11.8 Å². The molecule has 0 saturated carbocycles. The Balaban J connectivity index is 2.40. The van der Waals surface area contributed by atoms with Crippen molar-refractivity contribution in [1.82, 2.24) is 0 Å². The molecule has 0 aliphatic carbocycles. The Kier molecular flexibility index (Phi) is 9.39. The number of ether oxygens (including phenoxy) is 1. The van der Waals surface area contributed by atoms with E-state index in [0.717, 1.165) is 18.4 Å². The van der Waals surface area contributed by atoms with Crippen LogP contribution < -0.4 is 0 Å². The summed E-state index contributed by atoms with van der Waals surface area (Å²) in [5, 5.41) is 9.84. The third kappa shape index (κ3) is 6.99. The lowest BCUT2D eigenvalue weighted by Crippen LogP contribution is -2.27. The molecular weight excluding hydrogens is 292 g/mol. The standard InChI is InChI=1S/C15H24O3S2/c1-12(16)14(9-10-15(19-3)20-17-2)18-11-13-7-5-4-6-8-13/h4-8,12,14-16H,9-11H2,1-3H3/t12-,14+,15?/m0/s1. The van der Waals surface area contributed by atoms with Crippen LogP contribution in [0.25, 0.3) is 0 Å². The van der Waals surface area contributed by atoms with E-state index < -0.39 is 6.10 Å². The maximum Gasteiger partial charge on any atom is 0.0836 e. The summed E-state index contributed by atoms with van der Waals surface area (Å²) in [7, 11) is 1.69. The number of hydrogen-bond acceptors (Lipinski definition) is 5. The monoisotopic (exact) mass is 316 g/mol. The van der Waals surface area contributed by atoms with Gasteiger partial charge in [0.2, 0.25) is 0 Å². The van der Waals surface area contributed by atoms with Crippen LogP contribution in [0.15, 0.2) is 30.3 Å². The molecule has 0 radical (unpaired) electrons. The molecule has 1 N–H and O–H groups in total. The molecule has 0 saturated heterocycles. The zero-order valence-electron chi connectivity index (χ0n) is 12.3. The van der Waals surface area contributed by atoms with Crippen molar-refractivity contribution in [2.24, 2.45) is 0 Å². The molecule has 0 bridgehead atoms. The molecule has 0 amide bonds. The van der Waals surface area contributed by atoms with Crippen molar-refractivity contribution in [3.63, 3.8) is 0 Å². The maximum absolute atomic E-state index is 9.84. The SMILES string of the molecule is COSC(CC[C@@H](OCc1ccccc1)[C@H](C)O)SC. The average Bonchev–Trinajstić information content (AvgIpc) is 2.46. The van der Waals surface area contributed by atoms with Gasteiger partial charge in [0.1, 0.15) is 0 Å². The summed E-state index contributed by atoms with van der Waals surface area (Å²) >= 11 is 3.23. The molecule has 0 aliphatic rings. The van der Waals surface area contributed by atoms with Crippen LogP contribution >= 0.6 is 23.8 Å². The highest BCUT2D eigenvalue weighted by molar-refractivity contribution is 8.14. The molecule has 0 aromatic heterocycles. The van der Waals surface area contributed by atoms with E-state index in [2.05, 4.69) is 6.26 Å². The highest BCUT2D eigenvalue weighted by Crippen LogP contribution is 2.27. The summed E-state index contributed by atoms with van der Waals surface area (Å²) < 4.78 is 11.3. The van der Waals surface area contributed by atoms with Gasteiger partial charge in [0.15, 0.2) is 0 Å². The van der Waals surface area contributed by atoms with Crippen LogP contribution in [0.2, 0.25) is 0 Å². The average molecular weight is 316 g/mol. The lowest BCUT2D eigenvalue weighted by molar-refractivity contribution is -0.0424. The van der Waals surface area contributed by atoms with Crippen LogP contribution in [0, 0.1) is 0 Å². The van der Waals surface area contributed by atoms with Crippen LogP contribution in [-0.2, 0) is 15.5 Å². The Bertz CT molecular complexity index is 346. The van der Waals surface area contributed by atoms with E-state index in [9.17, 15) is 5.11 Å². The minimum absolute atomic E-state index is 0.137. The van der Waals surface area contributed by atoms with Crippen molar-refractivity contribution < 1.29 is 14.0 Å². The van der Waals surface area contributed by atoms with Crippen LogP contribution in [-0.4, -0.2) is 35.3 Å². The van der Waals surface area contributed by atoms with Crippen LogP contribution in [0.1, 0.15) is 25.3 Å². The second-order valence-corrected chi connectivity index (χ2v) is 7.01. The number of benzene rings is 1. The molecule has 114 valence electrons. The first-order valence-corrected chi connectivity index (χ1v) is 8.82. The smallest absolute Gasteiger partial charge is 0.0836 e. The largest absolute Gasteiger partial charge is 0.391 e. The third-order valence-corrected chi connectivity index (χ3v) is 5.22. The number of rotatable bonds is 10. The number of thioether (sulfide) groups is 1. The summed E-state index contributed by atoms with van der Waals surface area (Å²) in [6, 6.07) is 10.0. The van der Waals surface area contributed by atoms with E-state index >= 15 is 0 Å². The Morgan fingerprint density at radius 2 is 1.90 bits per heavy atom. The lowest BCUT2D eigenvalue weighted by Gasteiger charge is -2.22. The Labute approximate surface area is 130 Å². The van der Waals surface area contributed by atoms with E-state index in [1.165, 1.54) is 12.0 Å². The van der Waals surface area contributed by atoms with E-state index in [-0.39, 0.29) is 6.10 Å². The Morgan fingerprint density at radius 3 is 2.45 bits per heavy atom. The minimum Gasteiger partial charge on any atom is -0.391 e. The fraction of sp³-hybridized carbons (Fsp3) is 0.600. The number of aliphatic hydroxyl groups excluding tert-OH is 1. The van der Waals surface area contributed by atoms with Crippen molar-refractivity contribution in [3.05, 3.63) is 35.9 Å². The van der Waals surface area contributed by atoms with E-state index in [1.807, 2.05) is 30.3 Å². The summed E-state index contributed by atoms with van der Waals surface area (Å²) in [4.78, 5) is 0. The third-order valence-electron chi connectivity index (χ3n) is 3.00. The van der Waals surface area contributed by atoms with Gasteiger partial charge >= 0.3 is 0 Å². The number of aliphatic hydroxyl groups is 1. The molecule has 1 aromatic carbocycles. The van der Waals surface area contributed by atoms with Gasteiger partial charge in [0, 0.05) is 12.0 Å². The number of hydrogen-bond donors (Lipinski definition) is 1.